The van der Waals surface area contributed by atoms with E-state index in [4.69, 9.17) is 23.3 Å². The summed E-state index contributed by atoms with van der Waals surface area (Å²) in [7, 11) is 0.110. The minimum Gasteiger partial charge on any atom is -0.394 e. The zero-order valence-electron chi connectivity index (χ0n) is 20.3. The van der Waals surface area contributed by atoms with Gasteiger partial charge in [0.05, 0.1) is 19.8 Å². The van der Waals surface area contributed by atoms with Crippen molar-refractivity contribution in [3.63, 3.8) is 0 Å². The molecule has 12 heteroatoms. The van der Waals surface area contributed by atoms with E-state index in [0.717, 1.165) is 24.9 Å². The molecule has 0 bridgehead atoms. The third-order valence-corrected chi connectivity index (χ3v) is 8.60. The Morgan fingerprint density at radius 2 is 2.00 bits per heavy atom. The van der Waals surface area contributed by atoms with Gasteiger partial charge >= 0.3 is 5.69 Å². The normalized spacial score (nSPS) is 32.2. The fourth-order valence-electron chi connectivity index (χ4n) is 5.06. The van der Waals surface area contributed by atoms with Gasteiger partial charge in [0.15, 0.2) is 6.23 Å². The van der Waals surface area contributed by atoms with Crippen molar-refractivity contribution in [3.8, 4) is 0 Å². The van der Waals surface area contributed by atoms with E-state index in [2.05, 4.69) is 21.8 Å². The molecule has 3 aliphatic rings. The summed E-state index contributed by atoms with van der Waals surface area (Å²) in [6.45, 7) is 2.68. The predicted molar refractivity (Wildman–Crippen MR) is 130 cm³/mol. The maximum Gasteiger partial charge on any atom is 0.330 e. The second kappa shape index (κ2) is 11.2. The first kappa shape index (κ1) is 25.7. The maximum absolute atomic E-state index is 12.7. The van der Waals surface area contributed by atoms with Crippen LogP contribution >= 0.6 is 8.53 Å². The number of hydrogen-bond donors (Lipinski definition) is 2. The fourth-order valence-corrected chi connectivity index (χ4v) is 7.05. The summed E-state index contributed by atoms with van der Waals surface area (Å²) >= 11 is 0. The van der Waals surface area contributed by atoms with Crippen LogP contribution in [-0.4, -0.2) is 77.2 Å². The zero-order valence-corrected chi connectivity index (χ0v) is 21.2. The molecule has 0 spiro atoms. The topological polar surface area (TPSA) is 124 Å². The minimum absolute atomic E-state index is 0.108. The van der Waals surface area contributed by atoms with Crippen LogP contribution in [0.25, 0.3) is 0 Å². The Kier molecular flexibility index (Phi) is 7.99. The van der Waals surface area contributed by atoms with Crippen LogP contribution in [0, 0.1) is 6.92 Å². The van der Waals surface area contributed by atoms with Gasteiger partial charge in [-0.1, -0.05) is 30.3 Å². The molecule has 1 unspecified atom stereocenters. The van der Waals surface area contributed by atoms with Gasteiger partial charge in [-0.25, -0.2) is 9.46 Å². The van der Waals surface area contributed by atoms with E-state index in [1.807, 2.05) is 18.2 Å². The van der Waals surface area contributed by atoms with Crippen molar-refractivity contribution in [3.05, 3.63) is 68.5 Å². The van der Waals surface area contributed by atoms with Crippen molar-refractivity contribution in [2.45, 2.75) is 56.5 Å². The third-order valence-electron chi connectivity index (χ3n) is 6.86. The van der Waals surface area contributed by atoms with Gasteiger partial charge in [0.1, 0.15) is 24.4 Å². The highest BCUT2D eigenvalue weighted by Gasteiger charge is 2.53. The summed E-state index contributed by atoms with van der Waals surface area (Å²) in [6.07, 6.45) is 0.258. The number of aromatic amines is 1. The summed E-state index contributed by atoms with van der Waals surface area (Å²) in [6, 6.07) is 10.3. The van der Waals surface area contributed by atoms with Gasteiger partial charge in [-0.2, -0.15) is 0 Å². The largest absolute Gasteiger partial charge is 0.394 e. The first-order valence-electron chi connectivity index (χ1n) is 12.2. The molecular formula is C24H32N3O8P. The number of ether oxygens (including phenoxy) is 3. The predicted octanol–water partition coefficient (Wildman–Crippen LogP) is 1.61. The molecule has 0 aliphatic carbocycles. The fraction of sp³-hybridized carbons (Fsp3) is 0.583. The van der Waals surface area contributed by atoms with E-state index in [9.17, 15) is 14.7 Å². The Morgan fingerprint density at radius 1 is 1.19 bits per heavy atom. The van der Waals surface area contributed by atoms with Crippen molar-refractivity contribution in [2.75, 3.05) is 33.5 Å². The Bertz CT molecular complexity index is 1140. The molecule has 2 aromatic rings. The SMILES string of the molecule is COCCO[C@H]1C(O[P@@]2O[C@H](c3ccccc3)[C@@H]3CCCN32)[C@@H](CO)O[C@H]1n1cc(C)c(=O)[nH]c1=O. The average molecular weight is 522 g/mol. The van der Waals surface area contributed by atoms with Crippen LogP contribution in [0.3, 0.4) is 0 Å². The molecule has 11 nitrogen and oxygen atoms in total. The molecule has 7 atom stereocenters. The van der Waals surface area contributed by atoms with Crippen LogP contribution in [0.4, 0.5) is 0 Å². The van der Waals surface area contributed by atoms with E-state index >= 15 is 0 Å². The number of nitrogens with one attached hydrogen (secondary N) is 1. The lowest BCUT2D eigenvalue weighted by Crippen LogP contribution is -2.41. The number of H-pyrrole nitrogens is 1. The summed E-state index contributed by atoms with van der Waals surface area (Å²) in [4.78, 5) is 26.9. The van der Waals surface area contributed by atoms with Crippen molar-refractivity contribution >= 4 is 8.53 Å². The number of fused-ring (bicyclic) bond motifs is 1. The number of aromatic nitrogens is 2. The highest BCUT2D eigenvalue weighted by atomic mass is 31.2. The van der Waals surface area contributed by atoms with Gasteiger partial charge in [0, 0.05) is 31.5 Å². The number of aliphatic hydroxyl groups excluding tert-OH is 1. The molecule has 3 fully saturated rings. The maximum atomic E-state index is 12.7. The van der Waals surface area contributed by atoms with Gasteiger partial charge in [-0.3, -0.25) is 14.3 Å². The number of methoxy groups -OCH3 is 1. The summed E-state index contributed by atoms with van der Waals surface area (Å²) < 4.78 is 33.9. The van der Waals surface area contributed by atoms with Crippen LogP contribution in [0.15, 0.2) is 46.1 Å². The molecule has 0 amide bonds. The number of benzene rings is 1. The average Bonchev–Trinajstić information content (AvgIpc) is 3.58. The molecule has 3 aliphatic heterocycles. The monoisotopic (exact) mass is 521 g/mol. The molecule has 2 N–H and O–H groups in total. The highest BCUT2D eigenvalue weighted by molar-refractivity contribution is 7.45. The standard InChI is InChI=1S/C24H32N3O8P/c1-15-13-26(24(30)25-22(15)29)23-21(32-12-11-31-2)20(18(14-28)33-23)35-36-27-10-6-9-17(27)19(34-36)16-7-4-3-5-8-16/h3-5,7-8,13,17-21,23,28H,6,9-12,14H2,1-2H3,(H,25,29,30)/t17-,18+,19+,20?,21-,23+,36+/m0/s1. The lowest BCUT2D eigenvalue weighted by Gasteiger charge is -2.28. The summed E-state index contributed by atoms with van der Waals surface area (Å²) in [5.41, 5.74) is 0.366. The zero-order chi connectivity index (χ0) is 25.2. The minimum atomic E-state index is -1.46. The second-order valence-corrected chi connectivity index (χ2v) is 10.6. The van der Waals surface area contributed by atoms with Gasteiger partial charge < -0.3 is 28.4 Å². The smallest absolute Gasteiger partial charge is 0.330 e. The molecular weight excluding hydrogens is 489 g/mol. The molecule has 3 saturated heterocycles. The number of aryl methyl sites for hydroxylation is 1. The van der Waals surface area contributed by atoms with Gasteiger partial charge in [-0.15, -0.1) is 0 Å². The Labute approximate surface area is 209 Å². The van der Waals surface area contributed by atoms with Crippen LogP contribution in [0.1, 0.15) is 36.3 Å². The van der Waals surface area contributed by atoms with Crippen LogP contribution < -0.4 is 11.2 Å². The van der Waals surface area contributed by atoms with Crippen molar-refractivity contribution < 1.29 is 28.4 Å². The lowest BCUT2D eigenvalue weighted by molar-refractivity contribution is -0.0812. The third kappa shape index (κ3) is 4.94. The van der Waals surface area contributed by atoms with Gasteiger partial charge in [0.2, 0.25) is 0 Å². The summed E-state index contributed by atoms with van der Waals surface area (Å²) in [5.74, 6) is 0. The molecule has 0 saturated carbocycles. The van der Waals surface area contributed by atoms with E-state index in [1.165, 1.54) is 10.8 Å². The van der Waals surface area contributed by atoms with Gasteiger partial charge in [0.25, 0.3) is 14.1 Å². The molecule has 1 aromatic carbocycles. The number of nitrogens with zero attached hydrogens (tertiary/aromatic N) is 2. The van der Waals surface area contributed by atoms with Crippen molar-refractivity contribution in [1.82, 2.24) is 14.2 Å². The highest BCUT2D eigenvalue weighted by Crippen LogP contribution is 2.61. The summed E-state index contributed by atoms with van der Waals surface area (Å²) in [5, 5.41) is 10.2. The lowest BCUT2D eigenvalue weighted by atomic mass is 10.0. The van der Waals surface area contributed by atoms with Crippen LogP contribution in [0.2, 0.25) is 0 Å². The molecule has 5 rings (SSSR count). The Balaban J connectivity index is 1.43. The van der Waals surface area contributed by atoms with Crippen LogP contribution in [-0.2, 0) is 23.3 Å². The molecule has 4 heterocycles. The molecule has 1 aromatic heterocycles. The first-order chi connectivity index (χ1) is 17.5. The van der Waals surface area contributed by atoms with Gasteiger partial charge in [-0.05, 0) is 25.3 Å². The van der Waals surface area contributed by atoms with E-state index < -0.39 is 44.3 Å². The Hall–Kier alpha value is -1.95. The quantitative estimate of drug-likeness (QED) is 0.374. The van der Waals surface area contributed by atoms with Crippen molar-refractivity contribution in [1.29, 1.82) is 0 Å². The molecule has 36 heavy (non-hydrogen) atoms. The van der Waals surface area contributed by atoms with Crippen molar-refractivity contribution in [2.24, 2.45) is 0 Å². The first-order valence-corrected chi connectivity index (χ1v) is 13.3. The molecule has 0 radical (unpaired) electrons. The van der Waals surface area contributed by atoms with E-state index in [-0.39, 0.29) is 25.4 Å². The number of hydrogen-bond acceptors (Lipinski definition) is 9. The van der Waals surface area contributed by atoms with E-state index in [0.29, 0.717) is 12.2 Å². The number of rotatable bonds is 9. The van der Waals surface area contributed by atoms with Crippen LogP contribution in [0.5, 0.6) is 0 Å². The Morgan fingerprint density at radius 3 is 2.75 bits per heavy atom. The second-order valence-electron chi connectivity index (χ2n) is 9.17. The number of aliphatic hydroxyl groups is 1. The molecule has 196 valence electrons. The van der Waals surface area contributed by atoms with E-state index in [1.54, 1.807) is 14.0 Å².